The highest BCUT2D eigenvalue weighted by atomic mass is 35.5. The predicted molar refractivity (Wildman–Crippen MR) is 128 cm³/mol. The van der Waals surface area contributed by atoms with Crippen LogP contribution in [0.1, 0.15) is 16.7 Å². The van der Waals surface area contributed by atoms with Crippen molar-refractivity contribution >= 4 is 23.8 Å². The zero-order chi connectivity index (χ0) is 23.9. The van der Waals surface area contributed by atoms with Crippen LogP contribution < -0.4 is 15.7 Å². The highest BCUT2D eigenvalue weighted by Gasteiger charge is 2.12. The summed E-state index contributed by atoms with van der Waals surface area (Å²) in [6.07, 6.45) is 1.51. The molecule has 1 heterocycles. The number of rotatable bonds is 7. The fourth-order valence-corrected chi connectivity index (χ4v) is 3.25. The van der Waals surface area contributed by atoms with E-state index in [1.807, 2.05) is 12.1 Å². The molecule has 0 fully saturated rings. The van der Waals surface area contributed by atoms with Crippen LogP contribution in [0, 0.1) is 17.1 Å². The molecule has 0 saturated carbocycles. The van der Waals surface area contributed by atoms with Crippen LogP contribution in [0.15, 0.2) is 82.7 Å². The van der Waals surface area contributed by atoms with Crippen molar-refractivity contribution < 1.29 is 9.13 Å². The van der Waals surface area contributed by atoms with Crippen LogP contribution >= 0.6 is 11.6 Å². The van der Waals surface area contributed by atoms with Crippen LogP contribution in [0.2, 0.25) is 5.02 Å². The number of aromatic amines is 1. The second-order valence-electron chi connectivity index (χ2n) is 7.08. The Hall–Kier alpha value is -4.48. The fraction of sp³-hybridized carbons (Fsp3) is 0.0400. The zero-order valence-corrected chi connectivity index (χ0v) is 18.4. The van der Waals surface area contributed by atoms with E-state index in [0.717, 1.165) is 0 Å². The Balaban J connectivity index is 1.47. The summed E-state index contributed by atoms with van der Waals surface area (Å²) < 4.78 is 19.6. The number of anilines is 1. The van der Waals surface area contributed by atoms with Gasteiger partial charge in [0.15, 0.2) is 0 Å². The Bertz CT molecular complexity index is 1450. The van der Waals surface area contributed by atoms with E-state index in [1.165, 1.54) is 12.3 Å². The third-order valence-electron chi connectivity index (χ3n) is 4.73. The van der Waals surface area contributed by atoms with Gasteiger partial charge in [-0.3, -0.25) is 9.78 Å². The average molecular weight is 474 g/mol. The maximum Gasteiger partial charge on any atom is 0.270 e. The van der Waals surface area contributed by atoms with Gasteiger partial charge in [-0.1, -0.05) is 60.1 Å². The number of benzene rings is 3. The minimum atomic E-state index is -0.570. The molecule has 0 bridgehead atoms. The van der Waals surface area contributed by atoms with Gasteiger partial charge in [0.25, 0.3) is 5.56 Å². The summed E-state index contributed by atoms with van der Waals surface area (Å²) in [5.41, 5.74) is 4.00. The van der Waals surface area contributed by atoms with Gasteiger partial charge < -0.3 is 4.74 Å². The highest BCUT2D eigenvalue weighted by molar-refractivity contribution is 6.30. The van der Waals surface area contributed by atoms with E-state index in [2.05, 4.69) is 20.5 Å². The van der Waals surface area contributed by atoms with Gasteiger partial charge in [-0.2, -0.15) is 10.4 Å². The SMILES string of the molecule is N#Cc1c(-c2ccccc2)nc(NN=Cc2cccc(OCc3ccc(Cl)cc3F)c2)[nH]c1=O. The van der Waals surface area contributed by atoms with Crippen LogP contribution in [0.5, 0.6) is 5.75 Å². The lowest BCUT2D eigenvalue weighted by molar-refractivity contribution is 0.300. The van der Waals surface area contributed by atoms with Crippen LogP contribution in [-0.2, 0) is 6.61 Å². The minimum Gasteiger partial charge on any atom is -0.489 e. The zero-order valence-electron chi connectivity index (χ0n) is 17.6. The summed E-state index contributed by atoms with van der Waals surface area (Å²) in [5, 5.41) is 13.8. The van der Waals surface area contributed by atoms with E-state index in [0.29, 0.717) is 27.5 Å². The molecule has 4 aromatic rings. The minimum absolute atomic E-state index is 0.0422. The van der Waals surface area contributed by atoms with E-state index in [1.54, 1.807) is 60.7 Å². The first-order valence-corrected chi connectivity index (χ1v) is 10.5. The molecule has 0 amide bonds. The largest absolute Gasteiger partial charge is 0.489 e. The molecule has 9 heteroatoms. The molecule has 0 spiro atoms. The smallest absolute Gasteiger partial charge is 0.270 e. The second kappa shape index (κ2) is 10.4. The van der Waals surface area contributed by atoms with Crippen molar-refractivity contribution in [1.82, 2.24) is 9.97 Å². The van der Waals surface area contributed by atoms with Crippen LogP contribution in [0.4, 0.5) is 10.3 Å². The number of H-pyrrole nitrogens is 1. The van der Waals surface area contributed by atoms with Crippen molar-refractivity contribution in [1.29, 1.82) is 5.26 Å². The normalized spacial score (nSPS) is 10.7. The molecule has 0 aliphatic heterocycles. The first kappa shape index (κ1) is 22.7. The maximum absolute atomic E-state index is 13.9. The molecule has 0 radical (unpaired) electrons. The first-order chi connectivity index (χ1) is 16.5. The lowest BCUT2D eigenvalue weighted by Crippen LogP contribution is -2.16. The van der Waals surface area contributed by atoms with Crippen LogP contribution in [0.25, 0.3) is 11.3 Å². The van der Waals surface area contributed by atoms with Crippen molar-refractivity contribution in [3.05, 3.63) is 111 Å². The standard InChI is InChI=1S/C25H17ClFN5O2/c26-19-10-9-18(22(27)12-19)15-34-20-8-4-5-16(11-20)14-29-32-25-30-23(17-6-2-1-3-7-17)21(13-28)24(33)31-25/h1-12,14H,15H2,(H2,30,31,32,33). The van der Waals surface area contributed by atoms with Crippen molar-refractivity contribution in [3.8, 4) is 23.1 Å². The van der Waals surface area contributed by atoms with Crippen molar-refractivity contribution in [2.45, 2.75) is 6.61 Å². The number of nitrogens with zero attached hydrogens (tertiary/aromatic N) is 3. The summed E-state index contributed by atoms with van der Waals surface area (Å²) in [5.74, 6) is 0.174. The molecule has 4 rings (SSSR count). The molecule has 2 N–H and O–H groups in total. The topological polar surface area (TPSA) is 103 Å². The molecular weight excluding hydrogens is 457 g/mol. The summed E-state index contributed by atoms with van der Waals surface area (Å²) in [6, 6.07) is 22.3. The number of nitrogens with one attached hydrogen (secondary N) is 2. The number of hydrogen-bond acceptors (Lipinski definition) is 6. The van der Waals surface area contributed by atoms with Gasteiger partial charge in [0.05, 0.1) is 11.9 Å². The Labute approximate surface area is 199 Å². The van der Waals surface area contributed by atoms with Gasteiger partial charge in [0, 0.05) is 16.1 Å². The number of hydrazone groups is 1. The van der Waals surface area contributed by atoms with Gasteiger partial charge in [0.2, 0.25) is 5.95 Å². The Morgan fingerprint density at radius 2 is 1.97 bits per heavy atom. The average Bonchev–Trinajstić information content (AvgIpc) is 2.84. The third kappa shape index (κ3) is 5.46. The monoisotopic (exact) mass is 473 g/mol. The van der Waals surface area contributed by atoms with Crippen molar-refractivity contribution in [2.24, 2.45) is 5.10 Å². The number of hydrogen-bond donors (Lipinski definition) is 2. The number of ether oxygens (including phenoxy) is 1. The molecule has 34 heavy (non-hydrogen) atoms. The van der Waals surface area contributed by atoms with Gasteiger partial charge >= 0.3 is 0 Å². The van der Waals surface area contributed by atoms with E-state index in [9.17, 15) is 14.4 Å². The summed E-state index contributed by atoms with van der Waals surface area (Å²) in [4.78, 5) is 19.1. The highest BCUT2D eigenvalue weighted by Crippen LogP contribution is 2.20. The van der Waals surface area contributed by atoms with Crippen LogP contribution in [0.3, 0.4) is 0 Å². The number of aromatic nitrogens is 2. The molecule has 3 aromatic carbocycles. The summed E-state index contributed by atoms with van der Waals surface area (Å²) >= 11 is 5.77. The summed E-state index contributed by atoms with van der Waals surface area (Å²) in [7, 11) is 0. The van der Waals surface area contributed by atoms with Crippen molar-refractivity contribution in [3.63, 3.8) is 0 Å². The Morgan fingerprint density at radius 1 is 1.15 bits per heavy atom. The van der Waals surface area contributed by atoms with E-state index in [-0.39, 0.29) is 23.8 Å². The number of halogens is 2. The fourth-order valence-electron chi connectivity index (χ4n) is 3.09. The van der Waals surface area contributed by atoms with E-state index in [4.69, 9.17) is 16.3 Å². The lowest BCUT2D eigenvalue weighted by Gasteiger charge is -2.08. The lowest BCUT2D eigenvalue weighted by atomic mass is 10.1. The molecule has 0 unspecified atom stereocenters. The second-order valence-corrected chi connectivity index (χ2v) is 7.52. The van der Waals surface area contributed by atoms with Gasteiger partial charge in [-0.05, 0) is 29.8 Å². The van der Waals surface area contributed by atoms with Gasteiger partial charge in [-0.25, -0.2) is 14.8 Å². The molecule has 7 nitrogen and oxygen atoms in total. The number of nitriles is 1. The molecule has 0 aliphatic carbocycles. The van der Waals surface area contributed by atoms with Gasteiger partial charge in [-0.15, -0.1) is 0 Å². The first-order valence-electron chi connectivity index (χ1n) is 10.1. The molecule has 168 valence electrons. The molecule has 1 aromatic heterocycles. The molecule has 0 atom stereocenters. The van der Waals surface area contributed by atoms with E-state index >= 15 is 0 Å². The Morgan fingerprint density at radius 3 is 2.74 bits per heavy atom. The van der Waals surface area contributed by atoms with Crippen molar-refractivity contribution in [2.75, 3.05) is 5.43 Å². The maximum atomic E-state index is 13.9. The van der Waals surface area contributed by atoms with Gasteiger partial charge in [0.1, 0.15) is 29.8 Å². The molecule has 0 aliphatic rings. The van der Waals surface area contributed by atoms with E-state index < -0.39 is 11.4 Å². The Kier molecular flexibility index (Phi) is 6.96. The molecule has 0 saturated heterocycles. The van der Waals surface area contributed by atoms with Crippen LogP contribution in [-0.4, -0.2) is 16.2 Å². The predicted octanol–water partition coefficient (Wildman–Crippen LogP) is 5.13. The quantitative estimate of drug-likeness (QED) is 0.286. The third-order valence-corrected chi connectivity index (χ3v) is 4.97. The summed E-state index contributed by atoms with van der Waals surface area (Å²) in [6.45, 7) is 0.0422. The molecular formula is C25H17ClFN5O2.